The molecule has 0 bridgehead atoms. The summed E-state index contributed by atoms with van der Waals surface area (Å²) in [5.41, 5.74) is 0.108. The second-order valence-electron chi connectivity index (χ2n) is 9.09. The zero-order valence-electron chi connectivity index (χ0n) is 17.9. The molecule has 8 heteroatoms. The van der Waals surface area contributed by atoms with E-state index in [1.54, 1.807) is 21.8 Å². The van der Waals surface area contributed by atoms with Gasteiger partial charge in [0, 0.05) is 31.9 Å². The van der Waals surface area contributed by atoms with E-state index < -0.39 is 5.60 Å². The van der Waals surface area contributed by atoms with Crippen LogP contribution in [0.4, 0.5) is 4.79 Å². The van der Waals surface area contributed by atoms with Gasteiger partial charge in [-0.3, -0.25) is 9.48 Å². The van der Waals surface area contributed by atoms with Gasteiger partial charge in [-0.25, -0.2) is 4.79 Å². The summed E-state index contributed by atoms with van der Waals surface area (Å²) in [5, 5.41) is 11.0. The maximum absolute atomic E-state index is 12.9. The first-order valence-electron chi connectivity index (χ1n) is 10.8. The van der Waals surface area contributed by atoms with Crippen LogP contribution in [0.25, 0.3) is 0 Å². The fraction of sp³-hybridized carbons (Fsp3) is 0.762. The Morgan fingerprint density at radius 1 is 1.17 bits per heavy atom. The number of likely N-dealkylation sites (tertiary alicyclic amines) is 1. The number of carbonyl (C=O) groups excluding carboxylic acids is 2. The third kappa shape index (κ3) is 6.19. The van der Waals surface area contributed by atoms with Crippen molar-refractivity contribution in [3.8, 4) is 0 Å². The zero-order chi connectivity index (χ0) is 20.9. The largest absolute Gasteiger partial charge is 0.444 e. The van der Waals surface area contributed by atoms with Gasteiger partial charge in [-0.15, -0.1) is 0 Å². The highest BCUT2D eigenvalue weighted by atomic mass is 16.6. The van der Waals surface area contributed by atoms with Crippen molar-refractivity contribution in [3.05, 3.63) is 18.0 Å². The third-order valence-corrected chi connectivity index (χ3v) is 5.55. The topological polar surface area (TPSA) is 88.5 Å². The van der Waals surface area contributed by atoms with E-state index in [1.165, 1.54) is 0 Å². The quantitative estimate of drug-likeness (QED) is 0.692. The highest BCUT2D eigenvalue weighted by Crippen LogP contribution is 2.24. The minimum atomic E-state index is -0.506. The summed E-state index contributed by atoms with van der Waals surface area (Å²) < 4.78 is 7.35. The number of rotatable bonds is 0. The number of nitrogens with one attached hydrogen (secondary N) is 2. The molecule has 0 aromatic carbocycles. The molecule has 0 unspecified atom stereocenters. The molecule has 0 spiro atoms. The van der Waals surface area contributed by atoms with Crippen molar-refractivity contribution >= 4 is 12.0 Å². The monoisotopic (exact) mass is 405 g/mol. The molecule has 1 fully saturated rings. The van der Waals surface area contributed by atoms with Gasteiger partial charge < -0.3 is 20.3 Å². The van der Waals surface area contributed by atoms with Crippen LogP contribution in [0.15, 0.2) is 12.3 Å². The van der Waals surface area contributed by atoms with Crippen molar-refractivity contribution in [1.29, 1.82) is 0 Å². The van der Waals surface area contributed by atoms with Gasteiger partial charge in [0.15, 0.2) is 0 Å². The Hall–Kier alpha value is -2.09. The number of piperidine rings is 1. The predicted octanol–water partition coefficient (Wildman–Crippen LogP) is 2.40. The lowest BCUT2D eigenvalue weighted by molar-refractivity contribution is 0.0126. The van der Waals surface area contributed by atoms with E-state index in [2.05, 4.69) is 15.7 Å². The molecule has 0 radical (unpaired) electrons. The summed E-state index contributed by atoms with van der Waals surface area (Å²) in [5.74, 6) is 0.139. The number of hydrogen-bond acceptors (Lipinski definition) is 5. The normalized spacial score (nSPS) is 24.7. The van der Waals surface area contributed by atoms with E-state index in [0.717, 1.165) is 51.7 Å². The average Bonchev–Trinajstić information content (AvgIpc) is 3.11. The van der Waals surface area contributed by atoms with Gasteiger partial charge in [-0.05, 0) is 77.9 Å². The highest BCUT2D eigenvalue weighted by Gasteiger charge is 2.34. The minimum absolute atomic E-state index is 0.0486. The lowest BCUT2D eigenvalue weighted by Crippen LogP contribution is -2.53. The van der Waals surface area contributed by atoms with Crippen molar-refractivity contribution in [2.75, 3.05) is 26.2 Å². The molecule has 2 atom stereocenters. The summed E-state index contributed by atoms with van der Waals surface area (Å²) in [6.07, 6.45) is 6.18. The number of aromatic nitrogens is 2. The second kappa shape index (κ2) is 9.61. The van der Waals surface area contributed by atoms with Gasteiger partial charge in [-0.2, -0.15) is 5.10 Å². The van der Waals surface area contributed by atoms with Crippen molar-refractivity contribution in [2.24, 2.45) is 5.92 Å². The van der Waals surface area contributed by atoms with E-state index in [9.17, 15) is 9.59 Å². The van der Waals surface area contributed by atoms with Crippen molar-refractivity contribution < 1.29 is 14.3 Å². The standard InChI is InChI=1S/C21H35N5O3/c1-21(2,3)29-20(28)25-14-9-17-16(15-25)7-6-11-22-10-4-5-13-26-18(8-12-23-26)19(27)24-17/h8,12,16-17,22H,4-7,9-11,13-15H2,1-3H3,(H,24,27)/t16-,17+/m0/s1. The van der Waals surface area contributed by atoms with Crippen LogP contribution < -0.4 is 10.6 Å². The second-order valence-corrected chi connectivity index (χ2v) is 9.09. The Labute approximate surface area is 173 Å². The van der Waals surface area contributed by atoms with Gasteiger partial charge in [0.1, 0.15) is 11.3 Å². The molecule has 2 aliphatic heterocycles. The van der Waals surface area contributed by atoms with Gasteiger partial charge in [0.05, 0.1) is 0 Å². The number of aryl methyl sites for hydroxylation is 1. The van der Waals surface area contributed by atoms with E-state index in [-0.39, 0.29) is 24.0 Å². The molecule has 1 aromatic heterocycles. The Bertz CT molecular complexity index is 697. The first kappa shape index (κ1) is 21.6. The zero-order valence-corrected chi connectivity index (χ0v) is 17.9. The van der Waals surface area contributed by atoms with Crippen LogP contribution in [-0.4, -0.2) is 64.5 Å². The Morgan fingerprint density at radius 3 is 2.76 bits per heavy atom. The first-order chi connectivity index (χ1) is 13.8. The molecule has 29 heavy (non-hydrogen) atoms. The molecule has 3 rings (SSSR count). The maximum Gasteiger partial charge on any atom is 0.410 e. The molecule has 2 amide bonds. The van der Waals surface area contributed by atoms with E-state index >= 15 is 0 Å². The van der Waals surface area contributed by atoms with Crippen LogP contribution >= 0.6 is 0 Å². The fourth-order valence-corrected chi connectivity index (χ4v) is 4.08. The highest BCUT2D eigenvalue weighted by molar-refractivity contribution is 5.92. The van der Waals surface area contributed by atoms with E-state index in [0.29, 0.717) is 18.8 Å². The third-order valence-electron chi connectivity index (χ3n) is 5.55. The van der Waals surface area contributed by atoms with E-state index in [1.807, 2.05) is 20.8 Å². The number of hydrogen-bond donors (Lipinski definition) is 2. The summed E-state index contributed by atoms with van der Waals surface area (Å²) in [6.45, 7) is 9.53. The maximum atomic E-state index is 12.9. The predicted molar refractivity (Wildman–Crippen MR) is 111 cm³/mol. The number of nitrogens with zero attached hydrogens (tertiary/aromatic N) is 3. The molecule has 1 aromatic rings. The smallest absolute Gasteiger partial charge is 0.410 e. The number of amides is 2. The van der Waals surface area contributed by atoms with Crippen LogP contribution in [0.2, 0.25) is 0 Å². The van der Waals surface area contributed by atoms with Crippen LogP contribution in [0, 0.1) is 5.92 Å². The van der Waals surface area contributed by atoms with Gasteiger partial charge in [0.2, 0.25) is 0 Å². The minimum Gasteiger partial charge on any atom is -0.444 e. The molecule has 162 valence electrons. The Kier molecular flexibility index (Phi) is 7.16. The Balaban J connectivity index is 1.70. The molecule has 2 aliphatic rings. The first-order valence-corrected chi connectivity index (χ1v) is 10.8. The molecule has 2 N–H and O–H groups in total. The fourth-order valence-electron chi connectivity index (χ4n) is 4.08. The van der Waals surface area contributed by atoms with Crippen LogP contribution in [0.5, 0.6) is 0 Å². The molecule has 3 heterocycles. The summed E-state index contributed by atoms with van der Waals surface area (Å²) >= 11 is 0. The molecular formula is C21H35N5O3. The average molecular weight is 406 g/mol. The van der Waals surface area contributed by atoms with Crippen LogP contribution in [0.1, 0.15) is 63.4 Å². The molecular weight excluding hydrogens is 370 g/mol. The summed E-state index contributed by atoms with van der Waals surface area (Å²) in [6, 6.07) is 1.83. The Morgan fingerprint density at radius 2 is 1.97 bits per heavy atom. The number of carbonyl (C=O) groups is 2. The molecule has 0 aliphatic carbocycles. The lowest BCUT2D eigenvalue weighted by atomic mass is 9.88. The van der Waals surface area contributed by atoms with Crippen LogP contribution in [-0.2, 0) is 11.3 Å². The van der Waals surface area contributed by atoms with Crippen LogP contribution in [0.3, 0.4) is 0 Å². The van der Waals surface area contributed by atoms with Crippen molar-refractivity contribution in [3.63, 3.8) is 0 Å². The van der Waals surface area contributed by atoms with Gasteiger partial charge >= 0.3 is 6.09 Å². The summed E-state index contributed by atoms with van der Waals surface area (Å²) in [4.78, 5) is 27.2. The van der Waals surface area contributed by atoms with Gasteiger partial charge in [-0.1, -0.05) is 0 Å². The molecule has 8 nitrogen and oxygen atoms in total. The number of fused-ring (bicyclic) bond motifs is 2. The number of ether oxygens (including phenoxy) is 1. The van der Waals surface area contributed by atoms with Crippen molar-refractivity contribution in [1.82, 2.24) is 25.3 Å². The molecule has 1 saturated heterocycles. The van der Waals surface area contributed by atoms with Gasteiger partial charge in [0.25, 0.3) is 5.91 Å². The van der Waals surface area contributed by atoms with Crippen molar-refractivity contribution in [2.45, 2.75) is 71.1 Å². The lowest BCUT2D eigenvalue weighted by Gasteiger charge is -2.39. The van der Waals surface area contributed by atoms with E-state index in [4.69, 9.17) is 4.74 Å². The SMILES string of the molecule is CC(C)(C)OC(=O)N1CC[C@H]2NC(=O)c3ccnn3CCCCNCCC[C@H]2C1. The molecule has 0 saturated carbocycles. The summed E-state index contributed by atoms with van der Waals surface area (Å²) in [7, 11) is 0.